The van der Waals surface area contributed by atoms with Crippen LogP contribution in [0.1, 0.15) is 32.1 Å². The smallest absolute Gasteiger partial charge is 0.241 e. The standard InChI is InChI=1S/C16H23N3O3S.ClH/c1-23(21,22)19-13-8-6-12(7-9-13)17-16(20)15-10-11-4-2-3-5-14(11)18-15;/h6-9,11,14-15,18-19H,2-5,10H2,1H3,(H,17,20);1H. The van der Waals surface area contributed by atoms with Gasteiger partial charge in [0.25, 0.3) is 0 Å². The minimum absolute atomic E-state index is 0. The van der Waals surface area contributed by atoms with Crippen molar-refractivity contribution in [3.8, 4) is 0 Å². The molecule has 6 nitrogen and oxygen atoms in total. The largest absolute Gasteiger partial charge is 0.325 e. The highest BCUT2D eigenvalue weighted by Crippen LogP contribution is 2.33. The number of halogens is 1. The zero-order valence-corrected chi connectivity index (χ0v) is 15.3. The SMILES string of the molecule is CS(=O)(=O)Nc1ccc(NC(=O)C2CC3CCCCC3N2)cc1.Cl. The van der Waals surface area contributed by atoms with Crippen molar-refractivity contribution in [1.29, 1.82) is 0 Å². The van der Waals surface area contributed by atoms with E-state index in [4.69, 9.17) is 0 Å². The summed E-state index contributed by atoms with van der Waals surface area (Å²) in [5, 5.41) is 6.36. The van der Waals surface area contributed by atoms with Gasteiger partial charge in [0.05, 0.1) is 12.3 Å². The topological polar surface area (TPSA) is 87.3 Å². The van der Waals surface area contributed by atoms with Crippen LogP contribution in [0.4, 0.5) is 11.4 Å². The lowest BCUT2D eigenvalue weighted by Crippen LogP contribution is -2.39. The zero-order chi connectivity index (χ0) is 16.4. The van der Waals surface area contributed by atoms with Gasteiger partial charge in [0.1, 0.15) is 0 Å². The summed E-state index contributed by atoms with van der Waals surface area (Å²) in [5.74, 6) is 0.615. The van der Waals surface area contributed by atoms with Crippen LogP contribution in [-0.2, 0) is 14.8 Å². The van der Waals surface area contributed by atoms with Crippen LogP contribution in [-0.4, -0.2) is 32.7 Å². The Morgan fingerprint density at radius 2 is 1.75 bits per heavy atom. The van der Waals surface area contributed by atoms with Crippen molar-refractivity contribution in [3.05, 3.63) is 24.3 Å². The van der Waals surface area contributed by atoms with Gasteiger partial charge in [0, 0.05) is 17.4 Å². The predicted octanol–water partition coefficient (Wildman–Crippen LogP) is 2.34. The van der Waals surface area contributed by atoms with Crippen molar-refractivity contribution in [2.75, 3.05) is 16.3 Å². The van der Waals surface area contributed by atoms with Crippen LogP contribution in [0.3, 0.4) is 0 Å². The van der Waals surface area contributed by atoms with E-state index in [0.717, 1.165) is 12.7 Å². The van der Waals surface area contributed by atoms with Gasteiger partial charge < -0.3 is 10.6 Å². The fourth-order valence-electron chi connectivity index (χ4n) is 3.59. The van der Waals surface area contributed by atoms with Crippen LogP contribution < -0.4 is 15.4 Å². The van der Waals surface area contributed by atoms with Crippen LogP contribution in [0.5, 0.6) is 0 Å². The molecule has 134 valence electrons. The van der Waals surface area contributed by atoms with E-state index < -0.39 is 10.0 Å². The molecule has 1 aliphatic heterocycles. The molecule has 3 rings (SSSR count). The number of fused-ring (bicyclic) bond motifs is 1. The number of amides is 1. The van der Waals surface area contributed by atoms with E-state index in [0.29, 0.717) is 23.3 Å². The minimum atomic E-state index is -3.29. The third-order valence-electron chi connectivity index (χ3n) is 4.63. The van der Waals surface area contributed by atoms with Crippen LogP contribution >= 0.6 is 12.4 Å². The lowest BCUT2D eigenvalue weighted by atomic mass is 9.85. The molecule has 1 saturated carbocycles. The quantitative estimate of drug-likeness (QED) is 0.756. The zero-order valence-electron chi connectivity index (χ0n) is 13.6. The summed E-state index contributed by atoms with van der Waals surface area (Å²) in [6.45, 7) is 0. The molecule has 2 aliphatic rings. The highest BCUT2D eigenvalue weighted by atomic mass is 35.5. The predicted molar refractivity (Wildman–Crippen MR) is 98.1 cm³/mol. The van der Waals surface area contributed by atoms with Gasteiger partial charge in [-0.1, -0.05) is 12.8 Å². The van der Waals surface area contributed by atoms with E-state index in [1.54, 1.807) is 24.3 Å². The van der Waals surface area contributed by atoms with E-state index in [-0.39, 0.29) is 24.4 Å². The number of sulfonamides is 1. The number of anilines is 2. The second-order valence-electron chi connectivity index (χ2n) is 6.55. The van der Waals surface area contributed by atoms with Crippen molar-refractivity contribution < 1.29 is 13.2 Å². The lowest BCUT2D eigenvalue weighted by Gasteiger charge is -2.24. The molecular formula is C16H24ClN3O3S. The van der Waals surface area contributed by atoms with Crippen molar-refractivity contribution in [3.63, 3.8) is 0 Å². The maximum absolute atomic E-state index is 12.4. The number of carbonyl (C=O) groups is 1. The van der Waals surface area contributed by atoms with Crippen LogP contribution in [0, 0.1) is 5.92 Å². The Labute approximate surface area is 149 Å². The third kappa shape index (κ3) is 4.84. The number of carbonyl (C=O) groups excluding carboxylic acids is 1. The second kappa shape index (κ2) is 7.72. The van der Waals surface area contributed by atoms with Gasteiger partial charge in [0.2, 0.25) is 15.9 Å². The van der Waals surface area contributed by atoms with Crippen molar-refractivity contribution >= 4 is 39.7 Å². The highest BCUT2D eigenvalue weighted by Gasteiger charge is 2.38. The van der Waals surface area contributed by atoms with Crippen LogP contribution in [0.15, 0.2) is 24.3 Å². The molecule has 1 aromatic rings. The third-order valence-corrected chi connectivity index (χ3v) is 5.24. The monoisotopic (exact) mass is 373 g/mol. The summed E-state index contributed by atoms with van der Waals surface area (Å²) in [6.07, 6.45) is 6.91. The fourth-order valence-corrected chi connectivity index (χ4v) is 4.15. The van der Waals surface area contributed by atoms with Crippen molar-refractivity contribution in [2.24, 2.45) is 5.92 Å². The first-order valence-corrected chi connectivity index (χ1v) is 9.94. The average molecular weight is 374 g/mol. The van der Waals surface area contributed by atoms with E-state index in [1.807, 2.05) is 0 Å². The number of rotatable bonds is 4. The molecule has 8 heteroatoms. The van der Waals surface area contributed by atoms with Gasteiger partial charge in [-0.05, 0) is 49.4 Å². The second-order valence-corrected chi connectivity index (χ2v) is 8.30. The molecule has 1 amide bonds. The Balaban J connectivity index is 0.00000208. The Hall–Kier alpha value is -1.31. The Bertz CT molecular complexity index is 664. The van der Waals surface area contributed by atoms with Crippen LogP contribution in [0.2, 0.25) is 0 Å². The molecular weight excluding hydrogens is 350 g/mol. The molecule has 0 spiro atoms. The van der Waals surface area contributed by atoms with Gasteiger partial charge in [-0.2, -0.15) is 0 Å². The maximum Gasteiger partial charge on any atom is 0.241 e. The number of benzene rings is 1. The minimum Gasteiger partial charge on any atom is -0.325 e. The summed E-state index contributed by atoms with van der Waals surface area (Å²) in [5.41, 5.74) is 1.15. The number of nitrogens with one attached hydrogen (secondary N) is 3. The first-order valence-electron chi connectivity index (χ1n) is 8.05. The molecule has 3 unspecified atom stereocenters. The molecule has 0 aromatic heterocycles. The Morgan fingerprint density at radius 3 is 2.38 bits per heavy atom. The first-order chi connectivity index (χ1) is 10.9. The van der Waals surface area contributed by atoms with Gasteiger partial charge >= 0.3 is 0 Å². The van der Waals surface area contributed by atoms with E-state index in [2.05, 4.69) is 15.4 Å². The highest BCUT2D eigenvalue weighted by molar-refractivity contribution is 7.92. The molecule has 2 fully saturated rings. The lowest BCUT2D eigenvalue weighted by molar-refractivity contribution is -0.117. The number of hydrogen-bond acceptors (Lipinski definition) is 4. The van der Waals surface area contributed by atoms with Gasteiger partial charge in [-0.3, -0.25) is 9.52 Å². The average Bonchev–Trinajstić information content (AvgIpc) is 2.92. The number of hydrogen-bond donors (Lipinski definition) is 3. The van der Waals surface area contributed by atoms with E-state index >= 15 is 0 Å². The molecule has 1 aliphatic carbocycles. The van der Waals surface area contributed by atoms with Gasteiger partial charge in [-0.15, -0.1) is 12.4 Å². The molecule has 1 heterocycles. The normalized spacial score (nSPS) is 26.1. The summed E-state index contributed by atoms with van der Waals surface area (Å²) in [4.78, 5) is 12.4. The maximum atomic E-state index is 12.4. The summed E-state index contributed by atoms with van der Waals surface area (Å²) >= 11 is 0. The van der Waals surface area contributed by atoms with Crippen LogP contribution in [0.25, 0.3) is 0 Å². The molecule has 1 saturated heterocycles. The first kappa shape index (κ1) is 19.0. The summed E-state index contributed by atoms with van der Waals surface area (Å²) in [7, 11) is -3.29. The van der Waals surface area contributed by atoms with Crippen molar-refractivity contribution in [1.82, 2.24) is 5.32 Å². The Morgan fingerprint density at radius 1 is 1.12 bits per heavy atom. The van der Waals surface area contributed by atoms with E-state index in [9.17, 15) is 13.2 Å². The summed E-state index contributed by atoms with van der Waals surface area (Å²) < 4.78 is 24.7. The molecule has 0 bridgehead atoms. The summed E-state index contributed by atoms with van der Waals surface area (Å²) in [6, 6.07) is 7.04. The molecule has 1 aromatic carbocycles. The van der Waals surface area contributed by atoms with Gasteiger partial charge in [-0.25, -0.2) is 8.42 Å². The Kier molecular flexibility index (Phi) is 6.11. The fraction of sp³-hybridized carbons (Fsp3) is 0.562. The molecule has 0 radical (unpaired) electrons. The van der Waals surface area contributed by atoms with E-state index in [1.165, 1.54) is 25.7 Å². The van der Waals surface area contributed by atoms with Gasteiger partial charge in [0.15, 0.2) is 0 Å². The van der Waals surface area contributed by atoms with Crippen molar-refractivity contribution in [2.45, 2.75) is 44.2 Å². The molecule has 3 N–H and O–H groups in total. The molecule has 3 atom stereocenters. The molecule has 24 heavy (non-hydrogen) atoms.